The summed E-state index contributed by atoms with van der Waals surface area (Å²) in [5.41, 5.74) is 0.863. The Morgan fingerprint density at radius 2 is 2.10 bits per heavy atom. The Kier molecular flexibility index (Phi) is 3.89. The van der Waals surface area contributed by atoms with E-state index in [1.807, 2.05) is 19.2 Å². The van der Waals surface area contributed by atoms with Crippen LogP contribution in [0.1, 0.15) is 0 Å². The summed E-state index contributed by atoms with van der Waals surface area (Å²) in [5, 5.41) is 3.97. The molecule has 0 bridgehead atoms. The molecule has 0 unspecified atom stereocenters. The first-order valence-corrected chi connectivity index (χ1v) is 7.04. The maximum absolute atomic E-state index is 13.6. The highest BCUT2D eigenvalue weighted by Crippen LogP contribution is 2.24. The molecule has 0 amide bonds. The van der Waals surface area contributed by atoms with Crippen LogP contribution >= 0.6 is 0 Å². The topological polar surface area (TPSA) is 29.4 Å². The third-order valence-electron chi connectivity index (χ3n) is 3.80. The molecule has 108 valence electrons. The molecule has 1 aliphatic heterocycles. The van der Waals surface area contributed by atoms with Crippen molar-refractivity contribution in [3.8, 4) is 5.75 Å². The molecular formula is C15H20FN3O. The molecule has 1 saturated heterocycles. The van der Waals surface area contributed by atoms with Crippen LogP contribution in [-0.2, 0) is 7.05 Å². The van der Waals surface area contributed by atoms with E-state index in [4.69, 9.17) is 4.74 Å². The van der Waals surface area contributed by atoms with Crippen molar-refractivity contribution in [3.05, 3.63) is 30.2 Å². The standard InChI is InChI=1S/C15H20FN3O/c1-18-11-14(16)13-3-2-12(10-15(13)18)20-9-8-19-6-4-17-5-7-19/h2-3,10-11,17H,4-9H2,1H3. The summed E-state index contributed by atoms with van der Waals surface area (Å²) >= 11 is 0. The van der Waals surface area contributed by atoms with Crippen LogP contribution in [0.15, 0.2) is 24.4 Å². The fraction of sp³-hybridized carbons (Fsp3) is 0.467. The first-order valence-electron chi connectivity index (χ1n) is 7.04. The second-order valence-corrected chi connectivity index (χ2v) is 5.21. The fourth-order valence-electron chi connectivity index (χ4n) is 2.63. The maximum Gasteiger partial charge on any atom is 0.148 e. The lowest BCUT2D eigenvalue weighted by Gasteiger charge is -2.26. The molecule has 0 saturated carbocycles. The van der Waals surface area contributed by atoms with E-state index in [9.17, 15) is 4.39 Å². The van der Waals surface area contributed by atoms with Crippen LogP contribution in [0.2, 0.25) is 0 Å². The van der Waals surface area contributed by atoms with Gasteiger partial charge in [0, 0.05) is 57.4 Å². The first kappa shape index (κ1) is 13.4. The van der Waals surface area contributed by atoms with E-state index < -0.39 is 0 Å². The van der Waals surface area contributed by atoms with E-state index in [1.165, 1.54) is 6.20 Å². The Hall–Kier alpha value is -1.59. The molecule has 0 radical (unpaired) electrons. The van der Waals surface area contributed by atoms with Crippen LogP contribution in [-0.4, -0.2) is 48.8 Å². The van der Waals surface area contributed by atoms with Crippen LogP contribution in [0, 0.1) is 5.82 Å². The minimum atomic E-state index is -0.185. The third kappa shape index (κ3) is 2.78. The van der Waals surface area contributed by atoms with Crippen molar-refractivity contribution in [3.63, 3.8) is 0 Å². The normalized spacial score (nSPS) is 16.7. The minimum absolute atomic E-state index is 0.185. The number of halogens is 1. The van der Waals surface area contributed by atoms with E-state index in [2.05, 4.69) is 10.2 Å². The van der Waals surface area contributed by atoms with Crippen LogP contribution in [0.5, 0.6) is 5.75 Å². The van der Waals surface area contributed by atoms with Gasteiger partial charge >= 0.3 is 0 Å². The lowest BCUT2D eigenvalue weighted by molar-refractivity contribution is 0.191. The van der Waals surface area contributed by atoms with Gasteiger partial charge < -0.3 is 14.6 Å². The molecule has 0 atom stereocenters. The number of piperazine rings is 1. The molecule has 20 heavy (non-hydrogen) atoms. The quantitative estimate of drug-likeness (QED) is 0.920. The van der Waals surface area contributed by atoms with Gasteiger partial charge in [0.1, 0.15) is 18.2 Å². The van der Waals surface area contributed by atoms with Gasteiger partial charge in [-0.05, 0) is 12.1 Å². The zero-order valence-electron chi connectivity index (χ0n) is 11.7. The summed E-state index contributed by atoms with van der Waals surface area (Å²) in [6.07, 6.45) is 1.50. The SMILES string of the molecule is Cn1cc(F)c2ccc(OCCN3CCNCC3)cc21. The first-order chi connectivity index (χ1) is 9.74. The Morgan fingerprint density at radius 3 is 2.90 bits per heavy atom. The van der Waals surface area contributed by atoms with E-state index in [0.717, 1.165) is 44.0 Å². The molecule has 5 heteroatoms. The molecular weight excluding hydrogens is 257 g/mol. The van der Waals surface area contributed by atoms with Gasteiger partial charge in [-0.3, -0.25) is 4.90 Å². The monoisotopic (exact) mass is 277 g/mol. The van der Waals surface area contributed by atoms with Crippen LogP contribution in [0.3, 0.4) is 0 Å². The third-order valence-corrected chi connectivity index (χ3v) is 3.80. The van der Waals surface area contributed by atoms with Crippen molar-refractivity contribution in [1.82, 2.24) is 14.8 Å². The Morgan fingerprint density at radius 1 is 1.30 bits per heavy atom. The van der Waals surface area contributed by atoms with Crippen molar-refractivity contribution in [1.29, 1.82) is 0 Å². The summed E-state index contributed by atoms with van der Waals surface area (Å²) in [7, 11) is 1.84. The van der Waals surface area contributed by atoms with E-state index in [0.29, 0.717) is 12.0 Å². The van der Waals surface area contributed by atoms with Crippen LogP contribution < -0.4 is 10.1 Å². The van der Waals surface area contributed by atoms with Gasteiger partial charge in [-0.15, -0.1) is 0 Å². The van der Waals surface area contributed by atoms with Crippen molar-refractivity contribution in [2.45, 2.75) is 0 Å². The lowest BCUT2D eigenvalue weighted by Crippen LogP contribution is -2.44. The average Bonchev–Trinajstić information content (AvgIpc) is 2.75. The van der Waals surface area contributed by atoms with Crippen molar-refractivity contribution >= 4 is 10.9 Å². The van der Waals surface area contributed by atoms with Gasteiger partial charge in [0.15, 0.2) is 0 Å². The summed E-state index contributed by atoms with van der Waals surface area (Å²) in [4.78, 5) is 2.39. The van der Waals surface area contributed by atoms with Crippen LogP contribution in [0.25, 0.3) is 10.9 Å². The predicted octanol–water partition coefficient (Wildman–Crippen LogP) is 1.60. The number of ether oxygens (including phenoxy) is 1. The van der Waals surface area contributed by atoms with Gasteiger partial charge in [-0.25, -0.2) is 4.39 Å². The van der Waals surface area contributed by atoms with Gasteiger partial charge in [-0.2, -0.15) is 0 Å². The Bertz CT molecular complexity index is 590. The predicted molar refractivity (Wildman–Crippen MR) is 77.7 cm³/mol. The number of rotatable bonds is 4. The molecule has 3 rings (SSSR count). The number of aryl methyl sites for hydroxylation is 1. The smallest absolute Gasteiger partial charge is 0.148 e. The number of hydrogen-bond acceptors (Lipinski definition) is 3. The van der Waals surface area contributed by atoms with Crippen LogP contribution in [0.4, 0.5) is 4.39 Å². The molecule has 2 aromatic rings. The van der Waals surface area contributed by atoms with E-state index in [-0.39, 0.29) is 5.82 Å². The molecule has 1 aromatic heterocycles. The highest BCUT2D eigenvalue weighted by molar-refractivity contribution is 5.82. The minimum Gasteiger partial charge on any atom is -0.492 e. The number of benzene rings is 1. The van der Waals surface area contributed by atoms with Gasteiger partial charge in [0.2, 0.25) is 0 Å². The fourth-order valence-corrected chi connectivity index (χ4v) is 2.63. The summed E-state index contributed by atoms with van der Waals surface area (Å²) < 4.78 is 21.1. The largest absolute Gasteiger partial charge is 0.492 e. The molecule has 1 aliphatic rings. The number of aromatic nitrogens is 1. The molecule has 0 aliphatic carbocycles. The van der Waals surface area contributed by atoms with Gasteiger partial charge in [-0.1, -0.05) is 0 Å². The van der Waals surface area contributed by atoms with Crippen molar-refractivity contribution < 1.29 is 9.13 Å². The molecule has 0 spiro atoms. The molecule has 2 heterocycles. The van der Waals surface area contributed by atoms with Gasteiger partial charge in [0.05, 0.1) is 5.52 Å². The van der Waals surface area contributed by atoms with E-state index >= 15 is 0 Å². The lowest BCUT2D eigenvalue weighted by atomic mass is 10.2. The zero-order chi connectivity index (χ0) is 13.9. The number of nitrogens with zero attached hydrogens (tertiary/aromatic N) is 2. The highest BCUT2D eigenvalue weighted by atomic mass is 19.1. The number of hydrogen-bond donors (Lipinski definition) is 1. The second kappa shape index (κ2) is 5.81. The molecule has 1 N–H and O–H groups in total. The molecule has 4 nitrogen and oxygen atoms in total. The molecule has 1 aromatic carbocycles. The summed E-state index contributed by atoms with van der Waals surface area (Å²) in [5.74, 6) is 0.615. The summed E-state index contributed by atoms with van der Waals surface area (Å²) in [6.45, 7) is 5.85. The Balaban J connectivity index is 1.61. The highest BCUT2D eigenvalue weighted by Gasteiger charge is 2.10. The molecule has 1 fully saturated rings. The second-order valence-electron chi connectivity index (χ2n) is 5.21. The van der Waals surface area contributed by atoms with E-state index in [1.54, 1.807) is 10.6 Å². The zero-order valence-corrected chi connectivity index (χ0v) is 11.7. The van der Waals surface area contributed by atoms with Gasteiger partial charge in [0.25, 0.3) is 0 Å². The number of nitrogens with one attached hydrogen (secondary N) is 1. The number of fused-ring (bicyclic) bond motifs is 1. The average molecular weight is 277 g/mol. The van der Waals surface area contributed by atoms with Crippen molar-refractivity contribution in [2.24, 2.45) is 7.05 Å². The maximum atomic E-state index is 13.6. The summed E-state index contributed by atoms with van der Waals surface area (Å²) in [6, 6.07) is 5.52. The van der Waals surface area contributed by atoms with Crippen molar-refractivity contribution in [2.75, 3.05) is 39.3 Å². The Labute approximate surface area is 118 Å².